The number of esters is 2. The number of Topliss-reactive ketones (excluding diaryl/α,β-unsaturated/α-hetero) is 1. The van der Waals surface area contributed by atoms with Gasteiger partial charge in [0.25, 0.3) is 0 Å². The average Bonchev–Trinajstić information content (AvgIpc) is 3.29. The van der Waals surface area contributed by atoms with E-state index in [2.05, 4.69) is 12.3 Å². The molecule has 0 spiro atoms. The van der Waals surface area contributed by atoms with Gasteiger partial charge in [0.1, 0.15) is 11.2 Å². The van der Waals surface area contributed by atoms with Gasteiger partial charge in [0.2, 0.25) is 0 Å². The fourth-order valence-electron chi connectivity index (χ4n) is 4.71. The minimum Gasteiger partial charge on any atom is -0.468 e. The van der Waals surface area contributed by atoms with Crippen LogP contribution in [-0.2, 0) is 34.2 Å². The van der Waals surface area contributed by atoms with Gasteiger partial charge in [0, 0.05) is 11.1 Å². The van der Waals surface area contributed by atoms with Crippen molar-refractivity contribution in [2.24, 2.45) is 5.41 Å². The van der Waals surface area contributed by atoms with E-state index in [1.165, 1.54) is 14.2 Å². The van der Waals surface area contributed by atoms with E-state index in [0.717, 1.165) is 0 Å². The lowest BCUT2D eigenvalue weighted by Crippen LogP contribution is -2.51. The van der Waals surface area contributed by atoms with Crippen LogP contribution < -0.4 is 0 Å². The first-order valence-electron chi connectivity index (χ1n) is 9.61. The van der Waals surface area contributed by atoms with Gasteiger partial charge in [-0.15, -0.1) is 5.73 Å². The third-order valence-corrected chi connectivity index (χ3v) is 5.92. The van der Waals surface area contributed by atoms with Crippen LogP contribution in [0.4, 0.5) is 0 Å². The molecule has 2 aromatic rings. The normalized spacial score (nSPS) is 24.6. The average molecular weight is 416 g/mol. The van der Waals surface area contributed by atoms with Crippen molar-refractivity contribution in [2.45, 2.75) is 5.60 Å². The Morgan fingerprint density at radius 1 is 1.00 bits per heavy atom. The maximum absolute atomic E-state index is 14.0. The van der Waals surface area contributed by atoms with E-state index in [-0.39, 0.29) is 23.3 Å². The molecule has 2 aromatic carbocycles. The molecule has 0 amide bonds. The van der Waals surface area contributed by atoms with Crippen molar-refractivity contribution in [1.82, 2.24) is 0 Å². The Morgan fingerprint density at radius 2 is 1.61 bits per heavy atom. The van der Waals surface area contributed by atoms with Crippen molar-refractivity contribution in [3.63, 3.8) is 0 Å². The van der Waals surface area contributed by atoms with Crippen molar-refractivity contribution in [1.29, 1.82) is 0 Å². The molecule has 0 unspecified atom stereocenters. The van der Waals surface area contributed by atoms with Crippen molar-refractivity contribution in [3.8, 4) is 0 Å². The Morgan fingerprint density at radius 3 is 2.16 bits per heavy atom. The van der Waals surface area contributed by atoms with E-state index in [9.17, 15) is 14.4 Å². The van der Waals surface area contributed by atoms with Crippen LogP contribution in [0.1, 0.15) is 11.1 Å². The Kier molecular flexibility index (Phi) is 4.97. The molecule has 0 aromatic heterocycles. The number of benzene rings is 2. The second-order valence-corrected chi connectivity index (χ2v) is 7.17. The van der Waals surface area contributed by atoms with Crippen LogP contribution in [0, 0.1) is 5.41 Å². The van der Waals surface area contributed by atoms with Crippen LogP contribution in [0.5, 0.6) is 0 Å². The predicted octanol–water partition coefficient (Wildman–Crippen LogP) is 2.99. The Bertz CT molecular complexity index is 1160. The Labute approximate surface area is 179 Å². The van der Waals surface area contributed by atoms with Crippen LogP contribution >= 0.6 is 0 Å². The molecule has 0 bridgehead atoms. The van der Waals surface area contributed by atoms with Gasteiger partial charge in [0.15, 0.2) is 11.2 Å². The monoisotopic (exact) mass is 416 g/mol. The standard InChI is InChI=1S/C25H20O6/c1-4-17-15-31-25(18-13-9-6-10-14-18)20(16-11-7-5-8-12-16)19(22(27)29-2)21(26)24(17,25)23(28)30-3/h5-14H,1,15H2,2-3H3/t24-,25+/m0/s1. The van der Waals surface area contributed by atoms with E-state index in [1.54, 1.807) is 48.5 Å². The summed E-state index contributed by atoms with van der Waals surface area (Å²) in [6, 6.07) is 17.7. The van der Waals surface area contributed by atoms with Gasteiger partial charge in [-0.3, -0.25) is 9.59 Å². The van der Waals surface area contributed by atoms with Crippen LogP contribution in [0.2, 0.25) is 0 Å². The third kappa shape index (κ3) is 2.46. The maximum Gasteiger partial charge on any atom is 0.341 e. The molecule has 0 saturated carbocycles. The largest absolute Gasteiger partial charge is 0.468 e. The zero-order valence-electron chi connectivity index (χ0n) is 17.1. The minimum absolute atomic E-state index is 0.0793. The van der Waals surface area contributed by atoms with Crippen LogP contribution in [-0.4, -0.2) is 38.5 Å². The number of carbonyl (C=O) groups excluding carboxylic acids is 3. The molecular formula is C25H20O6. The van der Waals surface area contributed by atoms with E-state index >= 15 is 0 Å². The summed E-state index contributed by atoms with van der Waals surface area (Å²) in [5.74, 6) is -2.46. The zero-order valence-corrected chi connectivity index (χ0v) is 17.1. The number of ether oxygens (including phenoxy) is 3. The molecule has 2 aliphatic rings. The molecule has 1 saturated heterocycles. The van der Waals surface area contributed by atoms with Crippen molar-refractivity contribution < 1.29 is 28.6 Å². The van der Waals surface area contributed by atoms with Crippen molar-refractivity contribution >= 4 is 23.3 Å². The summed E-state index contributed by atoms with van der Waals surface area (Å²) in [5, 5.41) is 0. The van der Waals surface area contributed by atoms with E-state index < -0.39 is 28.7 Å². The zero-order chi connectivity index (χ0) is 22.2. The van der Waals surface area contributed by atoms with Crippen molar-refractivity contribution in [3.05, 3.63) is 95.2 Å². The summed E-state index contributed by atoms with van der Waals surface area (Å²) in [6.45, 7) is 3.60. The number of rotatable bonds is 4. The van der Waals surface area contributed by atoms with E-state index in [1.807, 2.05) is 12.1 Å². The third-order valence-electron chi connectivity index (χ3n) is 5.92. The molecule has 6 heteroatoms. The number of hydrogen-bond donors (Lipinski definition) is 0. The summed E-state index contributed by atoms with van der Waals surface area (Å²) in [6.07, 6.45) is 0. The van der Waals surface area contributed by atoms with E-state index in [0.29, 0.717) is 11.1 Å². The molecule has 1 aliphatic carbocycles. The van der Waals surface area contributed by atoms with Gasteiger partial charge >= 0.3 is 11.9 Å². The molecular weight excluding hydrogens is 396 g/mol. The van der Waals surface area contributed by atoms with Gasteiger partial charge in [-0.2, -0.15) is 0 Å². The molecule has 6 nitrogen and oxygen atoms in total. The molecule has 1 aliphatic heterocycles. The number of ketones is 1. The first-order chi connectivity index (χ1) is 15.0. The lowest BCUT2D eigenvalue weighted by molar-refractivity contribution is -0.161. The molecule has 31 heavy (non-hydrogen) atoms. The van der Waals surface area contributed by atoms with Crippen LogP contribution in [0.25, 0.3) is 5.57 Å². The highest BCUT2D eigenvalue weighted by molar-refractivity contribution is 6.35. The van der Waals surface area contributed by atoms with E-state index in [4.69, 9.17) is 14.2 Å². The van der Waals surface area contributed by atoms with Crippen molar-refractivity contribution in [2.75, 3.05) is 20.8 Å². The lowest BCUT2D eigenvalue weighted by atomic mass is 9.64. The predicted molar refractivity (Wildman–Crippen MR) is 112 cm³/mol. The second-order valence-electron chi connectivity index (χ2n) is 7.17. The highest BCUT2D eigenvalue weighted by Gasteiger charge is 2.77. The molecule has 0 N–H and O–H groups in total. The molecule has 1 fully saturated rings. The quantitative estimate of drug-likeness (QED) is 0.330. The van der Waals surface area contributed by atoms with Crippen LogP contribution in [0.3, 0.4) is 0 Å². The molecule has 156 valence electrons. The maximum atomic E-state index is 14.0. The summed E-state index contributed by atoms with van der Waals surface area (Å²) < 4.78 is 16.4. The fourth-order valence-corrected chi connectivity index (χ4v) is 4.71. The van der Waals surface area contributed by atoms with Gasteiger partial charge in [0.05, 0.1) is 20.8 Å². The highest BCUT2D eigenvalue weighted by atomic mass is 16.5. The molecule has 0 radical (unpaired) electrons. The summed E-state index contributed by atoms with van der Waals surface area (Å²) in [5.41, 5.74) is 0.359. The van der Waals surface area contributed by atoms with Gasteiger partial charge < -0.3 is 14.2 Å². The van der Waals surface area contributed by atoms with Gasteiger partial charge in [-0.05, 0) is 11.1 Å². The topological polar surface area (TPSA) is 78.9 Å². The van der Waals surface area contributed by atoms with Gasteiger partial charge in [-0.25, -0.2) is 4.79 Å². The summed E-state index contributed by atoms with van der Waals surface area (Å²) in [7, 11) is 2.38. The SMILES string of the molecule is C=C=C1CO[C@]2(c3ccccc3)C(c3ccccc3)=C(C(=O)OC)C(=O)[C@]12C(=O)OC. The Balaban J connectivity index is 2.23. The first-order valence-corrected chi connectivity index (χ1v) is 9.61. The molecule has 2 atom stereocenters. The van der Waals surface area contributed by atoms with Gasteiger partial charge in [-0.1, -0.05) is 67.2 Å². The molecule has 1 heterocycles. The fraction of sp³-hybridized carbons (Fsp3) is 0.200. The first kappa shape index (κ1) is 20.5. The molecule has 4 rings (SSSR count). The second kappa shape index (κ2) is 7.51. The lowest BCUT2D eigenvalue weighted by Gasteiger charge is -2.38. The van der Waals surface area contributed by atoms with Crippen LogP contribution in [0.15, 0.2) is 84.1 Å². The Hall–Kier alpha value is -3.73. The number of hydrogen-bond acceptors (Lipinski definition) is 6. The minimum atomic E-state index is -1.99. The summed E-state index contributed by atoms with van der Waals surface area (Å²) in [4.78, 5) is 40.3. The highest BCUT2D eigenvalue weighted by Crippen LogP contribution is 2.66. The summed E-state index contributed by atoms with van der Waals surface area (Å²) >= 11 is 0. The number of carbonyl (C=O) groups is 3. The number of fused-ring (bicyclic) bond motifs is 1. The number of methoxy groups -OCH3 is 2. The smallest absolute Gasteiger partial charge is 0.341 e.